The number of carbonyl (C=O) groups excluding carboxylic acids is 1. The molecule has 0 aliphatic rings. The summed E-state index contributed by atoms with van der Waals surface area (Å²) >= 11 is 0. The quantitative estimate of drug-likeness (QED) is 0.658. The van der Waals surface area contributed by atoms with Gasteiger partial charge in [0.05, 0.1) is 17.7 Å². The first-order valence-electron chi connectivity index (χ1n) is 5.95. The maximum Gasteiger partial charge on any atom is 0.319 e. The number of aliphatic hydroxyl groups is 1. The molecule has 1 rings (SSSR count). The van der Waals surface area contributed by atoms with Crippen molar-refractivity contribution in [2.75, 3.05) is 11.9 Å². The van der Waals surface area contributed by atoms with Crippen LogP contribution in [0.1, 0.15) is 18.9 Å². The zero-order valence-corrected chi connectivity index (χ0v) is 11.2. The fourth-order valence-electron chi connectivity index (χ4n) is 1.61. The lowest BCUT2D eigenvalue weighted by Crippen LogP contribution is -2.43. The van der Waals surface area contributed by atoms with Gasteiger partial charge in [0, 0.05) is 6.54 Å². The molecule has 1 unspecified atom stereocenters. The van der Waals surface area contributed by atoms with Gasteiger partial charge in [-0.2, -0.15) is 0 Å². The van der Waals surface area contributed by atoms with Crippen molar-refractivity contribution in [1.82, 2.24) is 5.32 Å². The van der Waals surface area contributed by atoms with E-state index in [0.29, 0.717) is 5.56 Å². The molecule has 0 fully saturated rings. The van der Waals surface area contributed by atoms with Crippen LogP contribution >= 0.6 is 0 Å². The SMILES string of the molecule is Cc1cccc(F)c1NC(=O)NCC(C)(O)CC(=O)O. The van der Waals surface area contributed by atoms with Crippen LogP contribution in [-0.2, 0) is 4.79 Å². The summed E-state index contributed by atoms with van der Waals surface area (Å²) in [5, 5.41) is 22.9. The summed E-state index contributed by atoms with van der Waals surface area (Å²) in [6.45, 7) is 2.66. The third kappa shape index (κ3) is 4.85. The minimum atomic E-state index is -1.58. The number of urea groups is 1. The van der Waals surface area contributed by atoms with Crippen LogP contribution in [0.25, 0.3) is 0 Å². The van der Waals surface area contributed by atoms with Gasteiger partial charge in [-0.3, -0.25) is 4.79 Å². The summed E-state index contributed by atoms with van der Waals surface area (Å²) in [6.07, 6.45) is -0.508. The van der Waals surface area contributed by atoms with E-state index in [1.807, 2.05) is 0 Å². The highest BCUT2D eigenvalue weighted by Gasteiger charge is 2.25. The topological polar surface area (TPSA) is 98.7 Å². The van der Waals surface area contributed by atoms with Crippen molar-refractivity contribution >= 4 is 17.7 Å². The van der Waals surface area contributed by atoms with E-state index in [1.54, 1.807) is 13.0 Å². The van der Waals surface area contributed by atoms with Gasteiger partial charge in [-0.15, -0.1) is 0 Å². The smallest absolute Gasteiger partial charge is 0.319 e. The zero-order chi connectivity index (χ0) is 15.3. The number of hydrogen-bond acceptors (Lipinski definition) is 3. The molecule has 1 atom stereocenters. The number of carboxylic acids is 1. The summed E-state index contributed by atoms with van der Waals surface area (Å²) in [5.74, 6) is -1.75. The summed E-state index contributed by atoms with van der Waals surface area (Å²) in [6, 6.07) is 3.65. The molecule has 0 spiro atoms. The Morgan fingerprint density at radius 1 is 1.40 bits per heavy atom. The molecule has 4 N–H and O–H groups in total. The molecule has 7 heteroatoms. The normalized spacial score (nSPS) is 13.4. The van der Waals surface area contributed by atoms with Crippen LogP contribution in [0.2, 0.25) is 0 Å². The first-order chi connectivity index (χ1) is 9.21. The molecule has 0 saturated carbocycles. The first kappa shape index (κ1) is 15.9. The number of hydrogen-bond donors (Lipinski definition) is 4. The Bertz CT molecular complexity index is 497. The zero-order valence-electron chi connectivity index (χ0n) is 11.2. The number of aryl methyl sites for hydroxylation is 1. The van der Waals surface area contributed by atoms with Crippen molar-refractivity contribution < 1.29 is 24.2 Å². The lowest BCUT2D eigenvalue weighted by Gasteiger charge is -2.21. The standard InChI is InChI=1S/C13H17FN2O4/c1-8-4-3-5-9(14)11(8)16-12(19)15-7-13(2,20)6-10(17)18/h3-5,20H,6-7H2,1-2H3,(H,17,18)(H2,15,16,19). The number of carboxylic acid groups (broad SMARTS) is 1. The van der Waals surface area contributed by atoms with E-state index in [-0.39, 0.29) is 12.2 Å². The van der Waals surface area contributed by atoms with Gasteiger partial charge in [0.15, 0.2) is 0 Å². The molecular formula is C13H17FN2O4. The number of carbonyl (C=O) groups is 2. The van der Waals surface area contributed by atoms with Crippen molar-refractivity contribution in [3.8, 4) is 0 Å². The van der Waals surface area contributed by atoms with Crippen LogP contribution < -0.4 is 10.6 Å². The molecule has 0 bridgehead atoms. The average molecular weight is 284 g/mol. The number of amides is 2. The Morgan fingerprint density at radius 3 is 2.60 bits per heavy atom. The molecule has 1 aromatic carbocycles. The number of para-hydroxylation sites is 1. The summed E-state index contributed by atoms with van der Waals surface area (Å²) in [4.78, 5) is 22.1. The maximum atomic E-state index is 13.5. The fourth-order valence-corrected chi connectivity index (χ4v) is 1.61. The van der Waals surface area contributed by atoms with Gasteiger partial charge in [0.1, 0.15) is 5.82 Å². The number of halogens is 1. The van der Waals surface area contributed by atoms with Gasteiger partial charge in [-0.05, 0) is 25.5 Å². The number of nitrogens with one attached hydrogen (secondary N) is 2. The highest BCUT2D eigenvalue weighted by Crippen LogP contribution is 2.18. The highest BCUT2D eigenvalue weighted by molar-refractivity contribution is 5.90. The number of aliphatic carboxylic acids is 1. The molecule has 0 heterocycles. The number of anilines is 1. The Hall–Kier alpha value is -2.15. The number of rotatable bonds is 5. The van der Waals surface area contributed by atoms with Gasteiger partial charge < -0.3 is 20.8 Å². The van der Waals surface area contributed by atoms with E-state index in [4.69, 9.17) is 5.11 Å². The van der Waals surface area contributed by atoms with E-state index in [9.17, 15) is 19.1 Å². The van der Waals surface area contributed by atoms with E-state index in [0.717, 1.165) is 0 Å². The van der Waals surface area contributed by atoms with Crippen LogP contribution in [0.15, 0.2) is 18.2 Å². The molecule has 2 amide bonds. The first-order valence-corrected chi connectivity index (χ1v) is 5.95. The van der Waals surface area contributed by atoms with Crippen molar-refractivity contribution in [2.45, 2.75) is 25.9 Å². The van der Waals surface area contributed by atoms with Crippen LogP contribution in [-0.4, -0.2) is 34.4 Å². The molecule has 20 heavy (non-hydrogen) atoms. The summed E-state index contributed by atoms with van der Waals surface area (Å²) in [5.41, 5.74) is -0.978. The van der Waals surface area contributed by atoms with Crippen LogP contribution in [0.4, 0.5) is 14.9 Å². The van der Waals surface area contributed by atoms with Crippen LogP contribution in [0, 0.1) is 12.7 Å². The van der Waals surface area contributed by atoms with Crippen LogP contribution in [0.5, 0.6) is 0 Å². The second-order valence-electron chi connectivity index (χ2n) is 4.81. The summed E-state index contributed by atoms with van der Waals surface area (Å²) < 4.78 is 13.5. The monoisotopic (exact) mass is 284 g/mol. The van der Waals surface area contributed by atoms with Crippen molar-refractivity contribution in [1.29, 1.82) is 0 Å². The Labute approximate surface area is 115 Å². The van der Waals surface area contributed by atoms with Gasteiger partial charge >= 0.3 is 12.0 Å². The minimum absolute atomic E-state index is 0.0443. The highest BCUT2D eigenvalue weighted by atomic mass is 19.1. The van der Waals surface area contributed by atoms with Crippen LogP contribution in [0.3, 0.4) is 0 Å². The molecule has 0 aromatic heterocycles. The van der Waals surface area contributed by atoms with E-state index >= 15 is 0 Å². The fraction of sp³-hybridized carbons (Fsp3) is 0.385. The second kappa shape index (κ2) is 6.33. The van der Waals surface area contributed by atoms with E-state index < -0.39 is 29.8 Å². The maximum absolute atomic E-state index is 13.5. The largest absolute Gasteiger partial charge is 0.481 e. The van der Waals surface area contributed by atoms with Gasteiger partial charge in [0.25, 0.3) is 0 Å². The van der Waals surface area contributed by atoms with Crippen molar-refractivity contribution in [2.24, 2.45) is 0 Å². The molecule has 6 nitrogen and oxygen atoms in total. The van der Waals surface area contributed by atoms with Gasteiger partial charge in [-0.25, -0.2) is 9.18 Å². The molecule has 0 saturated heterocycles. The summed E-state index contributed by atoms with van der Waals surface area (Å²) in [7, 11) is 0. The van der Waals surface area contributed by atoms with Gasteiger partial charge in [0.2, 0.25) is 0 Å². The predicted molar refractivity (Wildman–Crippen MR) is 71.0 cm³/mol. The molecular weight excluding hydrogens is 267 g/mol. The minimum Gasteiger partial charge on any atom is -0.481 e. The predicted octanol–water partition coefficient (Wildman–Crippen LogP) is 1.48. The molecule has 1 aromatic rings. The van der Waals surface area contributed by atoms with Crippen molar-refractivity contribution in [3.05, 3.63) is 29.6 Å². The molecule has 0 radical (unpaired) electrons. The molecule has 0 aliphatic heterocycles. The van der Waals surface area contributed by atoms with E-state index in [2.05, 4.69) is 10.6 Å². The van der Waals surface area contributed by atoms with Crippen molar-refractivity contribution in [3.63, 3.8) is 0 Å². The lowest BCUT2D eigenvalue weighted by molar-refractivity contribution is -0.141. The second-order valence-corrected chi connectivity index (χ2v) is 4.81. The average Bonchev–Trinajstić information content (AvgIpc) is 2.30. The third-order valence-corrected chi connectivity index (χ3v) is 2.62. The lowest BCUT2D eigenvalue weighted by atomic mass is 10.0. The molecule has 110 valence electrons. The Kier molecular flexibility index (Phi) is 5.04. The van der Waals surface area contributed by atoms with E-state index in [1.165, 1.54) is 19.1 Å². The Morgan fingerprint density at radius 2 is 2.05 bits per heavy atom. The molecule has 0 aliphatic carbocycles. The van der Waals surface area contributed by atoms with Gasteiger partial charge in [-0.1, -0.05) is 12.1 Å². The number of benzene rings is 1. The third-order valence-electron chi connectivity index (χ3n) is 2.62. The Balaban J connectivity index is 2.59.